The monoisotopic (exact) mass is 468 g/mol. The van der Waals surface area contributed by atoms with Crippen LogP contribution < -0.4 is 10.9 Å². The summed E-state index contributed by atoms with van der Waals surface area (Å²) in [4.78, 5) is 32.3. The number of H-pyrrole nitrogens is 1. The van der Waals surface area contributed by atoms with E-state index in [1.165, 1.54) is 23.1 Å². The van der Waals surface area contributed by atoms with Gasteiger partial charge in [-0.1, -0.05) is 71.1 Å². The third-order valence-electron chi connectivity index (χ3n) is 4.69. The van der Waals surface area contributed by atoms with E-state index < -0.39 is 0 Å². The summed E-state index contributed by atoms with van der Waals surface area (Å²) in [5, 5.41) is 3.26. The number of benzene rings is 2. The Labute approximate surface area is 192 Å². The van der Waals surface area contributed by atoms with Crippen LogP contribution >= 0.6 is 35.3 Å². The molecular weight excluding hydrogens is 448 g/mol. The molecule has 4 aromatic rings. The van der Waals surface area contributed by atoms with Crippen LogP contribution in [0.5, 0.6) is 0 Å². The number of nitrogens with one attached hydrogen (secondary N) is 2. The lowest BCUT2D eigenvalue weighted by atomic mass is 10.1. The molecule has 1 amide bonds. The van der Waals surface area contributed by atoms with Gasteiger partial charge in [0, 0.05) is 6.54 Å². The van der Waals surface area contributed by atoms with E-state index in [0.717, 1.165) is 22.4 Å². The van der Waals surface area contributed by atoms with Crippen molar-refractivity contribution in [3.8, 4) is 5.69 Å². The first-order chi connectivity index (χ1) is 14.9. The number of rotatable bonds is 6. The normalized spacial score (nSPS) is 11.0. The van der Waals surface area contributed by atoms with E-state index >= 15 is 0 Å². The number of amides is 1. The molecule has 0 radical (unpaired) electrons. The number of carbonyl (C=O) groups excluding carboxylic acids is 1. The second-order valence-electron chi connectivity index (χ2n) is 7.07. The van der Waals surface area contributed by atoms with Crippen LogP contribution in [0, 0.1) is 17.8 Å². The fourth-order valence-electron chi connectivity index (χ4n) is 3.21. The smallest absolute Gasteiger partial charge is 0.271 e. The van der Waals surface area contributed by atoms with Gasteiger partial charge in [-0.05, 0) is 43.3 Å². The third-order valence-corrected chi connectivity index (χ3v) is 6.92. The number of aryl methyl sites for hydroxylation is 2. The van der Waals surface area contributed by atoms with E-state index in [1.54, 1.807) is 0 Å². The molecule has 0 spiro atoms. The Bertz CT molecular complexity index is 1370. The molecule has 0 aliphatic heterocycles. The Morgan fingerprint density at radius 1 is 1.23 bits per heavy atom. The molecule has 158 valence electrons. The minimum atomic E-state index is -0.253. The molecule has 0 aliphatic carbocycles. The van der Waals surface area contributed by atoms with Crippen LogP contribution in [0.4, 0.5) is 0 Å². The van der Waals surface area contributed by atoms with E-state index in [1.807, 2.05) is 60.9 Å². The van der Waals surface area contributed by atoms with Crippen molar-refractivity contribution in [1.82, 2.24) is 19.9 Å². The van der Waals surface area contributed by atoms with Crippen molar-refractivity contribution in [2.24, 2.45) is 0 Å². The van der Waals surface area contributed by atoms with Gasteiger partial charge >= 0.3 is 0 Å². The summed E-state index contributed by atoms with van der Waals surface area (Å²) in [5.41, 5.74) is 4.38. The quantitative estimate of drug-likeness (QED) is 0.247. The maximum atomic E-state index is 12.6. The molecular formula is C22H20N4O2S3. The molecule has 0 unspecified atom stereocenters. The SMILES string of the molecule is Cc1ccc(-n2c(=S)sc3c(=O)[nH]c(SCC(=O)NCc4ccccc4)nc32)c(C)c1. The summed E-state index contributed by atoms with van der Waals surface area (Å²) >= 11 is 7.96. The molecule has 0 saturated heterocycles. The van der Waals surface area contributed by atoms with Crippen LogP contribution in [0.2, 0.25) is 0 Å². The molecule has 4 rings (SSSR count). The maximum Gasteiger partial charge on any atom is 0.271 e. The molecule has 2 aromatic heterocycles. The van der Waals surface area contributed by atoms with Gasteiger partial charge in [0.1, 0.15) is 4.70 Å². The zero-order valence-electron chi connectivity index (χ0n) is 17.0. The second kappa shape index (κ2) is 9.17. The molecule has 0 atom stereocenters. The van der Waals surface area contributed by atoms with Crippen LogP contribution in [0.15, 0.2) is 58.5 Å². The summed E-state index contributed by atoms with van der Waals surface area (Å²) < 4.78 is 2.87. The van der Waals surface area contributed by atoms with Crippen molar-refractivity contribution in [2.45, 2.75) is 25.5 Å². The zero-order chi connectivity index (χ0) is 22.0. The number of hydrogen-bond acceptors (Lipinski definition) is 6. The van der Waals surface area contributed by atoms with Gasteiger partial charge in [-0.2, -0.15) is 0 Å². The van der Waals surface area contributed by atoms with Crippen LogP contribution in [0.25, 0.3) is 16.0 Å². The van der Waals surface area contributed by atoms with E-state index in [0.29, 0.717) is 26.0 Å². The minimum absolute atomic E-state index is 0.131. The fourth-order valence-corrected chi connectivity index (χ4v) is 5.16. The first-order valence-electron chi connectivity index (χ1n) is 9.59. The predicted octanol–water partition coefficient (Wildman–Crippen LogP) is 4.53. The molecule has 0 saturated carbocycles. The van der Waals surface area contributed by atoms with Crippen LogP contribution in [0.1, 0.15) is 16.7 Å². The van der Waals surface area contributed by atoms with Crippen LogP contribution in [-0.2, 0) is 11.3 Å². The Kier molecular flexibility index (Phi) is 6.35. The Morgan fingerprint density at radius 2 is 2.00 bits per heavy atom. The molecule has 2 heterocycles. The molecule has 6 nitrogen and oxygen atoms in total. The zero-order valence-corrected chi connectivity index (χ0v) is 19.4. The van der Waals surface area contributed by atoms with E-state index in [-0.39, 0.29) is 17.2 Å². The number of fused-ring (bicyclic) bond motifs is 1. The van der Waals surface area contributed by atoms with Crippen molar-refractivity contribution in [2.75, 3.05) is 5.75 Å². The number of aromatic amines is 1. The molecule has 0 fully saturated rings. The number of aromatic nitrogens is 3. The lowest BCUT2D eigenvalue weighted by Gasteiger charge is -2.09. The van der Waals surface area contributed by atoms with E-state index in [2.05, 4.69) is 21.4 Å². The molecule has 0 bridgehead atoms. The molecule has 31 heavy (non-hydrogen) atoms. The highest BCUT2D eigenvalue weighted by molar-refractivity contribution is 7.99. The Balaban J connectivity index is 1.57. The summed E-state index contributed by atoms with van der Waals surface area (Å²) in [6.07, 6.45) is 0. The van der Waals surface area contributed by atoms with Crippen molar-refractivity contribution < 1.29 is 4.79 Å². The summed E-state index contributed by atoms with van der Waals surface area (Å²) in [5.74, 6) is 0.0172. The van der Waals surface area contributed by atoms with Gasteiger partial charge in [-0.25, -0.2) is 4.98 Å². The average Bonchev–Trinajstić information content (AvgIpc) is 3.08. The van der Waals surface area contributed by atoms with Crippen molar-refractivity contribution >= 4 is 51.6 Å². The van der Waals surface area contributed by atoms with Crippen LogP contribution in [0.3, 0.4) is 0 Å². The van der Waals surface area contributed by atoms with Gasteiger partial charge in [-0.15, -0.1) is 0 Å². The number of thioether (sulfide) groups is 1. The topological polar surface area (TPSA) is 79.8 Å². The number of nitrogens with zero attached hydrogens (tertiary/aromatic N) is 2. The Morgan fingerprint density at radius 3 is 2.74 bits per heavy atom. The van der Waals surface area contributed by atoms with Gasteiger partial charge in [0.15, 0.2) is 14.8 Å². The van der Waals surface area contributed by atoms with Crippen LogP contribution in [-0.4, -0.2) is 26.2 Å². The molecule has 2 N–H and O–H groups in total. The van der Waals surface area contributed by atoms with Gasteiger partial charge in [0.05, 0.1) is 11.4 Å². The van der Waals surface area contributed by atoms with Gasteiger partial charge in [-0.3, -0.25) is 14.2 Å². The Hall–Kier alpha value is -2.75. The van der Waals surface area contributed by atoms with E-state index in [4.69, 9.17) is 12.2 Å². The summed E-state index contributed by atoms with van der Waals surface area (Å²) in [7, 11) is 0. The fraction of sp³-hybridized carbons (Fsp3) is 0.182. The predicted molar refractivity (Wildman–Crippen MR) is 129 cm³/mol. The third kappa shape index (κ3) is 4.79. The molecule has 0 aliphatic rings. The van der Waals surface area contributed by atoms with Gasteiger partial charge in [0.25, 0.3) is 5.56 Å². The highest BCUT2D eigenvalue weighted by Gasteiger charge is 2.16. The lowest BCUT2D eigenvalue weighted by Crippen LogP contribution is -2.24. The summed E-state index contributed by atoms with van der Waals surface area (Å²) in [6.45, 7) is 4.50. The first kappa shape index (κ1) is 21.5. The molecule has 2 aromatic carbocycles. The number of carbonyl (C=O) groups is 1. The highest BCUT2D eigenvalue weighted by Crippen LogP contribution is 2.26. The largest absolute Gasteiger partial charge is 0.351 e. The van der Waals surface area contributed by atoms with Gasteiger partial charge in [0.2, 0.25) is 5.91 Å². The minimum Gasteiger partial charge on any atom is -0.351 e. The maximum absolute atomic E-state index is 12.6. The average molecular weight is 469 g/mol. The van der Waals surface area contributed by atoms with Crippen molar-refractivity contribution in [3.63, 3.8) is 0 Å². The number of hydrogen-bond donors (Lipinski definition) is 2. The highest BCUT2D eigenvalue weighted by atomic mass is 32.2. The van der Waals surface area contributed by atoms with E-state index in [9.17, 15) is 9.59 Å². The number of thiazole rings is 1. The molecule has 9 heteroatoms. The standard InChI is InChI=1S/C22H20N4O2S3/c1-13-8-9-16(14(2)10-13)26-19-18(31-22(26)29)20(28)25-21(24-19)30-12-17(27)23-11-15-6-4-3-5-7-15/h3-10H,11-12H2,1-2H3,(H,23,27)(H,24,25,28). The van der Waals surface area contributed by atoms with Crippen molar-refractivity contribution in [1.29, 1.82) is 0 Å². The summed E-state index contributed by atoms with van der Waals surface area (Å²) in [6, 6.07) is 15.8. The van der Waals surface area contributed by atoms with Crippen molar-refractivity contribution in [3.05, 3.63) is 79.5 Å². The lowest BCUT2D eigenvalue weighted by molar-refractivity contribution is -0.118. The van der Waals surface area contributed by atoms with Gasteiger partial charge < -0.3 is 10.3 Å². The second-order valence-corrected chi connectivity index (χ2v) is 9.68. The first-order valence-corrected chi connectivity index (χ1v) is 11.8.